The first kappa shape index (κ1) is 13.7. The van der Waals surface area contributed by atoms with E-state index in [1.165, 1.54) is 0 Å². The van der Waals surface area contributed by atoms with Crippen LogP contribution in [-0.4, -0.2) is 24.2 Å². The van der Waals surface area contributed by atoms with Crippen molar-refractivity contribution in [3.63, 3.8) is 0 Å². The summed E-state index contributed by atoms with van der Waals surface area (Å²) in [6.07, 6.45) is -0.192. The summed E-state index contributed by atoms with van der Waals surface area (Å²) in [4.78, 5) is 11.5. The van der Waals surface area contributed by atoms with Gasteiger partial charge in [0.15, 0.2) is 0 Å². The largest absolute Gasteiger partial charge is 0.389 e. The van der Waals surface area contributed by atoms with Crippen LogP contribution < -0.4 is 5.32 Å². The molecule has 0 fully saturated rings. The van der Waals surface area contributed by atoms with E-state index >= 15 is 0 Å². The second-order valence-electron chi connectivity index (χ2n) is 3.80. The molecule has 17 heavy (non-hydrogen) atoms. The minimum Gasteiger partial charge on any atom is -0.389 e. The van der Waals surface area contributed by atoms with Gasteiger partial charge in [0, 0.05) is 12.3 Å². The Morgan fingerprint density at radius 1 is 1.53 bits per heavy atom. The minimum absolute atomic E-state index is 0.0822. The number of amides is 1. The Hall–Kier alpha value is -1.39. The fourth-order valence-electron chi connectivity index (χ4n) is 1.41. The van der Waals surface area contributed by atoms with Crippen molar-refractivity contribution in [3.8, 4) is 0 Å². The third-order valence-electron chi connectivity index (χ3n) is 2.33. The third-order valence-corrected chi connectivity index (χ3v) is 2.33. The summed E-state index contributed by atoms with van der Waals surface area (Å²) < 4.78 is 5.10. The smallest absolute Gasteiger partial charge is 0.226 e. The Balaban J connectivity index is 2.50. The summed E-state index contributed by atoms with van der Waals surface area (Å²) in [5.41, 5.74) is 1.48. The van der Waals surface area contributed by atoms with E-state index in [0.717, 1.165) is 5.56 Å². The number of rotatable bonds is 6. The molecule has 1 aromatic rings. The second kappa shape index (κ2) is 7.04. The molecule has 0 radical (unpaired) electrons. The monoisotopic (exact) mass is 237 g/mol. The van der Waals surface area contributed by atoms with E-state index in [4.69, 9.17) is 4.74 Å². The standard InChI is InChI=1S/C13H19NO3/c1-3-17-8-7-13(16)14-12-6-4-5-11(9-12)10(2)15/h4-6,9-10,15H,3,7-8H2,1-2H3,(H,14,16). The quantitative estimate of drug-likeness (QED) is 0.745. The number of ether oxygens (including phenoxy) is 1. The van der Waals surface area contributed by atoms with Gasteiger partial charge in [-0.2, -0.15) is 0 Å². The van der Waals surface area contributed by atoms with Crippen LogP contribution in [0.15, 0.2) is 24.3 Å². The topological polar surface area (TPSA) is 58.6 Å². The molecule has 94 valence electrons. The number of aliphatic hydroxyl groups is 1. The van der Waals surface area contributed by atoms with Gasteiger partial charge in [0.2, 0.25) is 5.91 Å². The lowest BCUT2D eigenvalue weighted by Gasteiger charge is -2.09. The minimum atomic E-state index is -0.532. The van der Waals surface area contributed by atoms with E-state index in [2.05, 4.69) is 5.32 Å². The van der Waals surface area contributed by atoms with Gasteiger partial charge in [-0.1, -0.05) is 12.1 Å². The fourth-order valence-corrected chi connectivity index (χ4v) is 1.41. The van der Waals surface area contributed by atoms with Crippen molar-refractivity contribution in [1.29, 1.82) is 0 Å². The van der Waals surface area contributed by atoms with Crippen molar-refractivity contribution in [1.82, 2.24) is 0 Å². The van der Waals surface area contributed by atoms with E-state index < -0.39 is 6.10 Å². The predicted octanol–water partition coefficient (Wildman–Crippen LogP) is 2.11. The lowest BCUT2D eigenvalue weighted by Crippen LogP contribution is -2.14. The number of carbonyl (C=O) groups is 1. The molecule has 0 aliphatic carbocycles. The van der Waals surface area contributed by atoms with Crippen LogP contribution in [0.5, 0.6) is 0 Å². The summed E-state index contributed by atoms with van der Waals surface area (Å²) in [7, 11) is 0. The van der Waals surface area contributed by atoms with Crippen LogP contribution >= 0.6 is 0 Å². The highest BCUT2D eigenvalue weighted by atomic mass is 16.5. The van der Waals surface area contributed by atoms with Crippen molar-refractivity contribution in [3.05, 3.63) is 29.8 Å². The number of anilines is 1. The summed E-state index contributed by atoms with van der Waals surface area (Å²) in [5.74, 6) is -0.0822. The second-order valence-corrected chi connectivity index (χ2v) is 3.80. The van der Waals surface area contributed by atoms with E-state index in [1.54, 1.807) is 25.1 Å². The van der Waals surface area contributed by atoms with Gasteiger partial charge in [-0.15, -0.1) is 0 Å². The van der Waals surface area contributed by atoms with Gasteiger partial charge in [0.25, 0.3) is 0 Å². The molecule has 0 spiro atoms. The van der Waals surface area contributed by atoms with Gasteiger partial charge in [0.1, 0.15) is 0 Å². The van der Waals surface area contributed by atoms with Gasteiger partial charge in [-0.05, 0) is 31.5 Å². The summed E-state index contributed by atoms with van der Waals surface area (Å²) in [5, 5.41) is 12.2. The van der Waals surface area contributed by atoms with Gasteiger partial charge in [-0.3, -0.25) is 4.79 Å². The maximum absolute atomic E-state index is 11.5. The SMILES string of the molecule is CCOCCC(=O)Nc1cccc(C(C)O)c1. The first-order valence-corrected chi connectivity index (χ1v) is 5.79. The average Bonchev–Trinajstić information content (AvgIpc) is 2.29. The van der Waals surface area contributed by atoms with Crippen LogP contribution in [0.4, 0.5) is 5.69 Å². The molecule has 2 N–H and O–H groups in total. The Morgan fingerprint density at radius 2 is 2.29 bits per heavy atom. The van der Waals surface area contributed by atoms with Crippen LogP contribution in [0.1, 0.15) is 31.9 Å². The lowest BCUT2D eigenvalue weighted by molar-refractivity contribution is -0.117. The van der Waals surface area contributed by atoms with Crippen molar-refractivity contribution < 1.29 is 14.6 Å². The van der Waals surface area contributed by atoms with Crippen LogP contribution in [0, 0.1) is 0 Å². The molecular weight excluding hydrogens is 218 g/mol. The first-order chi connectivity index (χ1) is 8.13. The number of nitrogens with one attached hydrogen (secondary N) is 1. The summed E-state index contributed by atoms with van der Waals surface area (Å²) in [6, 6.07) is 7.19. The number of hydrogen-bond donors (Lipinski definition) is 2. The molecule has 4 nitrogen and oxygen atoms in total. The average molecular weight is 237 g/mol. The molecular formula is C13H19NO3. The zero-order chi connectivity index (χ0) is 12.7. The van der Waals surface area contributed by atoms with Crippen LogP contribution in [0.2, 0.25) is 0 Å². The normalized spacial score (nSPS) is 12.2. The molecule has 1 aromatic carbocycles. The van der Waals surface area contributed by atoms with Gasteiger partial charge in [-0.25, -0.2) is 0 Å². The first-order valence-electron chi connectivity index (χ1n) is 5.79. The molecule has 0 saturated heterocycles. The molecule has 0 saturated carbocycles. The van der Waals surface area contributed by atoms with E-state index in [1.807, 2.05) is 13.0 Å². The van der Waals surface area contributed by atoms with Crippen LogP contribution in [-0.2, 0) is 9.53 Å². The van der Waals surface area contributed by atoms with Crippen molar-refractivity contribution in [2.24, 2.45) is 0 Å². The molecule has 0 aromatic heterocycles. The van der Waals surface area contributed by atoms with Crippen LogP contribution in [0.25, 0.3) is 0 Å². The van der Waals surface area contributed by atoms with Crippen LogP contribution in [0.3, 0.4) is 0 Å². The molecule has 1 rings (SSSR count). The summed E-state index contributed by atoms with van der Waals surface area (Å²) >= 11 is 0. The Bertz CT molecular complexity index is 363. The maximum Gasteiger partial charge on any atom is 0.226 e. The zero-order valence-electron chi connectivity index (χ0n) is 10.3. The molecule has 0 heterocycles. The van der Waals surface area contributed by atoms with Gasteiger partial charge < -0.3 is 15.2 Å². The van der Waals surface area contributed by atoms with Gasteiger partial charge >= 0.3 is 0 Å². The maximum atomic E-state index is 11.5. The van der Waals surface area contributed by atoms with Gasteiger partial charge in [0.05, 0.1) is 19.1 Å². The van der Waals surface area contributed by atoms with Crippen molar-refractivity contribution >= 4 is 11.6 Å². The fraction of sp³-hybridized carbons (Fsp3) is 0.462. The number of benzene rings is 1. The van der Waals surface area contributed by atoms with E-state index in [-0.39, 0.29) is 5.91 Å². The highest BCUT2D eigenvalue weighted by Gasteiger charge is 2.05. The highest BCUT2D eigenvalue weighted by molar-refractivity contribution is 5.90. The third kappa shape index (κ3) is 4.97. The molecule has 1 unspecified atom stereocenters. The highest BCUT2D eigenvalue weighted by Crippen LogP contribution is 2.16. The molecule has 0 aliphatic heterocycles. The molecule has 0 aliphatic rings. The van der Waals surface area contributed by atoms with E-state index in [0.29, 0.717) is 25.3 Å². The Labute approximate surface area is 102 Å². The van der Waals surface area contributed by atoms with Crippen molar-refractivity contribution in [2.45, 2.75) is 26.4 Å². The molecule has 0 bridgehead atoms. The Kier molecular flexibility index (Phi) is 5.66. The zero-order valence-corrected chi connectivity index (χ0v) is 10.3. The Morgan fingerprint density at radius 3 is 2.94 bits per heavy atom. The van der Waals surface area contributed by atoms with E-state index in [9.17, 15) is 9.90 Å². The van der Waals surface area contributed by atoms with Crippen molar-refractivity contribution in [2.75, 3.05) is 18.5 Å². The summed E-state index contributed by atoms with van der Waals surface area (Å²) in [6.45, 7) is 4.63. The molecule has 4 heteroatoms. The molecule has 1 amide bonds. The number of hydrogen-bond acceptors (Lipinski definition) is 3. The molecule has 1 atom stereocenters. The number of carbonyl (C=O) groups excluding carboxylic acids is 1. The predicted molar refractivity (Wildman–Crippen MR) is 66.8 cm³/mol. The lowest BCUT2D eigenvalue weighted by atomic mass is 10.1. The number of aliphatic hydroxyl groups excluding tert-OH is 1.